The maximum atomic E-state index is 13.0. The fourth-order valence-corrected chi connectivity index (χ4v) is 3.32. The van der Waals surface area contributed by atoms with Gasteiger partial charge in [0, 0.05) is 12.1 Å². The van der Waals surface area contributed by atoms with E-state index in [1.54, 1.807) is 84.9 Å². The van der Waals surface area contributed by atoms with Crippen molar-refractivity contribution < 1.29 is 19.6 Å². The molecule has 4 rings (SSSR count). The Morgan fingerprint density at radius 2 is 1.54 bits per heavy atom. The van der Waals surface area contributed by atoms with Crippen LogP contribution in [0.1, 0.15) is 16.7 Å². The van der Waals surface area contributed by atoms with Gasteiger partial charge in [-0.2, -0.15) is 5.10 Å². The molecule has 0 unspecified atom stereocenters. The van der Waals surface area contributed by atoms with Gasteiger partial charge in [0.2, 0.25) is 5.88 Å². The van der Waals surface area contributed by atoms with Crippen LogP contribution < -0.4 is 10.2 Å². The molecule has 0 bridgehead atoms. The number of hydrogen-bond donors (Lipinski definition) is 2. The largest absolute Gasteiger partial charge is 0.439 e. The zero-order valence-electron chi connectivity index (χ0n) is 18.3. The predicted octanol–water partition coefficient (Wildman–Crippen LogP) is 4.17. The van der Waals surface area contributed by atoms with Gasteiger partial charge in [0.15, 0.2) is 5.60 Å². The number of nitrogens with zero attached hydrogens (tertiary/aromatic N) is 3. The third kappa shape index (κ3) is 5.37. The number of carbonyl (C=O) groups is 1. The van der Waals surface area contributed by atoms with Crippen LogP contribution in [-0.4, -0.2) is 27.1 Å². The van der Waals surface area contributed by atoms with Gasteiger partial charge in [0.1, 0.15) is 11.9 Å². The fourth-order valence-electron chi connectivity index (χ4n) is 3.32. The van der Waals surface area contributed by atoms with Crippen LogP contribution in [0.3, 0.4) is 0 Å². The van der Waals surface area contributed by atoms with Crippen molar-refractivity contribution in [2.75, 3.05) is 0 Å². The number of ether oxygens (including phenoxy) is 1. The van der Waals surface area contributed by atoms with Gasteiger partial charge in [-0.1, -0.05) is 60.7 Å². The number of aromatic nitrogens is 1. The Kier molecular flexibility index (Phi) is 6.89. The molecule has 0 fully saturated rings. The first kappa shape index (κ1) is 23.3. The molecule has 0 radical (unpaired) electrons. The van der Waals surface area contributed by atoms with E-state index in [1.165, 1.54) is 18.3 Å². The summed E-state index contributed by atoms with van der Waals surface area (Å²) in [5.41, 5.74) is 1.87. The first-order valence-corrected chi connectivity index (χ1v) is 10.5. The van der Waals surface area contributed by atoms with Crippen molar-refractivity contribution in [2.24, 2.45) is 5.10 Å². The lowest BCUT2D eigenvalue weighted by atomic mass is 9.85. The summed E-state index contributed by atoms with van der Waals surface area (Å²) in [6.45, 7) is 0. The number of nitro groups is 1. The van der Waals surface area contributed by atoms with Gasteiger partial charge in [-0.15, -0.1) is 0 Å². The minimum atomic E-state index is -1.92. The monoisotopic (exact) mass is 468 g/mol. The van der Waals surface area contributed by atoms with Gasteiger partial charge in [-0.3, -0.25) is 14.9 Å². The van der Waals surface area contributed by atoms with Crippen LogP contribution in [-0.2, 0) is 10.4 Å². The van der Waals surface area contributed by atoms with Crippen molar-refractivity contribution >= 4 is 17.8 Å². The molecule has 1 aromatic heterocycles. The highest BCUT2D eigenvalue weighted by atomic mass is 16.6. The van der Waals surface area contributed by atoms with Gasteiger partial charge in [0.25, 0.3) is 11.6 Å². The third-order valence-electron chi connectivity index (χ3n) is 5.13. The predicted molar refractivity (Wildman–Crippen MR) is 129 cm³/mol. The lowest BCUT2D eigenvalue weighted by Crippen LogP contribution is -2.43. The molecule has 0 saturated heterocycles. The molecular weight excluding hydrogens is 448 g/mol. The number of pyridine rings is 1. The summed E-state index contributed by atoms with van der Waals surface area (Å²) in [5.74, 6) is -0.0178. The molecule has 1 heterocycles. The Balaban J connectivity index is 1.44. The average molecular weight is 468 g/mol. The quantitative estimate of drug-likeness (QED) is 0.227. The van der Waals surface area contributed by atoms with Gasteiger partial charge in [-0.05, 0) is 41.0 Å². The van der Waals surface area contributed by atoms with E-state index in [4.69, 9.17) is 4.74 Å². The molecular formula is C26H20N4O5. The van der Waals surface area contributed by atoms with E-state index in [1.807, 2.05) is 0 Å². The molecule has 0 aliphatic heterocycles. The molecule has 35 heavy (non-hydrogen) atoms. The van der Waals surface area contributed by atoms with Crippen molar-refractivity contribution in [3.8, 4) is 11.6 Å². The van der Waals surface area contributed by atoms with Gasteiger partial charge in [0.05, 0.1) is 11.1 Å². The van der Waals surface area contributed by atoms with Crippen LogP contribution >= 0.6 is 0 Å². The molecule has 2 N–H and O–H groups in total. The van der Waals surface area contributed by atoms with E-state index < -0.39 is 16.4 Å². The van der Waals surface area contributed by atoms with Crippen LogP contribution in [0.4, 0.5) is 5.69 Å². The first-order valence-electron chi connectivity index (χ1n) is 10.5. The minimum Gasteiger partial charge on any atom is -0.439 e. The van der Waals surface area contributed by atoms with Crippen molar-refractivity contribution in [2.45, 2.75) is 5.60 Å². The van der Waals surface area contributed by atoms with Crippen LogP contribution in [0, 0.1) is 10.1 Å². The molecule has 0 aliphatic rings. The number of carbonyl (C=O) groups excluding carboxylic acids is 1. The number of hydrazone groups is 1. The number of amides is 1. The van der Waals surface area contributed by atoms with E-state index in [-0.39, 0.29) is 11.6 Å². The van der Waals surface area contributed by atoms with E-state index in [9.17, 15) is 20.0 Å². The number of hydrogen-bond acceptors (Lipinski definition) is 7. The Labute approximate surface area is 200 Å². The summed E-state index contributed by atoms with van der Waals surface area (Å²) in [6.07, 6.45) is 2.55. The summed E-state index contributed by atoms with van der Waals surface area (Å²) < 4.78 is 5.57. The van der Waals surface area contributed by atoms with Crippen LogP contribution in [0.15, 0.2) is 108 Å². The molecule has 9 nitrogen and oxygen atoms in total. The normalized spacial score (nSPS) is 11.2. The Hall–Kier alpha value is -4.89. The number of aliphatic hydroxyl groups is 1. The highest BCUT2D eigenvalue weighted by Crippen LogP contribution is 2.30. The van der Waals surface area contributed by atoms with E-state index >= 15 is 0 Å². The molecule has 0 saturated carbocycles. The van der Waals surface area contributed by atoms with E-state index in [0.717, 1.165) is 6.20 Å². The fraction of sp³-hybridized carbons (Fsp3) is 0.0385. The molecule has 0 spiro atoms. The van der Waals surface area contributed by atoms with Crippen molar-refractivity contribution in [3.05, 3.63) is 130 Å². The molecule has 3 aromatic carbocycles. The Morgan fingerprint density at radius 3 is 2.06 bits per heavy atom. The minimum absolute atomic E-state index is 0.127. The smallest absolute Gasteiger partial charge is 0.287 e. The molecule has 1 amide bonds. The highest BCUT2D eigenvalue weighted by molar-refractivity contribution is 5.91. The van der Waals surface area contributed by atoms with Gasteiger partial charge < -0.3 is 9.84 Å². The number of benzene rings is 3. The lowest BCUT2D eigenvalue weighted by molar-refractivity contribution is -0.385. The van der Waals surface area contributed by atoms with Crippen LogP contribution in [0.2, 0.25) is 0 Å². The standard InChI is InChI=1S/C26H20N4O5/c31-25(26(32,20-7-3-1-4-8-20)21-9-5-2-6-10-21)29-28-17-19-11-14-23(15-12-19)35-24-16-13-22(18-27-24)30(33)34/h1-18,32H,(H,29,31). The van der Waals surface area contributed by atoms with Crippen molar-refractivity contribution in [1.29, 1.82) is 0 Å². The van der Waals surface area contributed by atoms with E-state index in [2.05, 4.69) is 15.5 Å². The average Bonchev–Trinajstić information content (AvgIpc) is 2.90. The van der Waals surface area contributed by atoms with Crippen LogP contribution in [0.25, 0.3) is 0 Å². The maximum Gasteiger partial charge on any atom is 0.287 e. The molecule has 4 aromatic rings. The molecule has 174 valence electrons. The van der Waals surface area contributed by atoms with Gasteiger partial charge >= 0.3 is 0 Å². The highest BCUT2D eigenvalue weighted by Gasteiger charge is 2.39. The molecule has 0 atom stereocenters. The van der Waals surface area contributed by atoms with Crippen LogP contribution in [0.5, 0.6) is 11.6 Å². The Morgan fingerprint density at radius 1 is 0.943 bits per heavy atom. The SMILES string of the molecule is O=C(NN=Cc1ccc(Oc2ccc([N+](=O)[O-])cn2)cc1)C(O)(c1ccccc1)c1ccccc1. The zero-order valence-corrected chi connectivity index (χ0v) is 18.3. The lowest BCUT2D eigenvalue weighted by Gasteiger charge is -2.27. The molecule has 9 heteroatoms. The number of nitrogens with one attached hydrogen (secondary N) is 1. The topological polar surface area (TPSA) is 127 Å². The van der Waals surface area contributed by atoms with Gasteiger partial charge in [-0.25, -0.2) is 10.4 Å². The summed E-state index contributed by atoms with van der Waals surface area (Å²) in [5, 5.41) is 26.1. The van der Waals surface area contributed by atoms with Crippen molar-refractivity contribution in [3.63, 3.8) is 0 Å². The second-order valence-corrected chi connectivity index (χ2v) is 7.42. The summed E-state index contributed by atoms with van der Waals surface area (Å²) in [7, 11) is 0. The summed E-state index contributed by atoms with van der Waals surface area (Å²) >= 11 is 0. The Bertz CT molecular complexity index is 1290. The third-order valence-corrected chi connectivity index (χ3v) is 5.13. The first-order chi connectivity index (χ1) is 17.0. The zero-order chi connectivity index (χ0) is 24.7. The second kappa shape index (κ2) is 10.4. The van der Waals surface area contributed by atoms with E-state index in [0.29, 0.717) is 22.4 Å². The summed E-state index contributed by atoms with van der Waals surface area (Å²) in [4.78, 5) is 27.1. The second-order valence-electron chi connectivity index (χ2n) is 7.42. The number of rotatable bonds is 8. The summed E-state index contributed by atoms with van der Waals surface area (Å²) in [6, 6.07) is 26.7. The molecule has 0 aliphatic carbocycles. The van der Waals surface area contributed by atoms with Crippen molar-refractivity contribution in [1.82, 2.24) is 10.4 Å². The maximum absolute atomic E-state index is 13.0.